The molecule has 0 bridgehead atoms. The van der Waals surface area contributed by atoms with Gasteiger partial charge in [0.25, 0.3) is 0 Å². The van der Waals surface area contributed by atoms with Crippen LogP contribution in [-0.4, -0.2) is 29.8 Å². The molecular weight excluding hydrogens is 304 g/mol. The SMILES string of the molecule is O=C(NCc1ccco1)C1CC12CCN(C(=O)CC1CCCC1)C2. The maximum Gasteiger partial charge on any atom is 0.224 e. The lowest BCUT2D eigenvalue weighted by Gasteiger charge is -2.19. The maximum atomic E-state index is 12.5. The summed E-state index contributed by atoms with van der Waals surface area (Å²) in [6.07, 6.45) is 9.20. The van der Waals surface area contributed by atoms with Gasteiger partial charge in [-0.15, -0.1) is 0 Å². The quantitative estimate of drug-likeness (QED) is 0.903. The number of nitrogens with zero attached hydrogens (tertiary/aromatic N) is 1. The van der Waals surface area contributed by atoms with Gasteiger partial charge in [-0.1, -0.05) is 12.8 Å². The minimum absolute atomic E-state index is 0.0542. The van der Waals surface area contributed by atoms with Crippen molar-refractivity contribution < 1.29 is 14.0 Å². The number of furan rings is 1. The van der Waals surface area contributed by atoms with Crippen LogP contribution in [-0.2, 0) is 16.1 Å². The van der Waals surface area contributed by atoms with Gasteiger partial charge >= 0.3 is 0 Å². The van der Waals surface area contributed by atoms with Gasteiger partial charge in [0.05, 0.1) is 12.8 Å². The minimum Gasteiger partial charge on any atom is -0.467 e. The summed E-state index contributed by atoms with van der Waals surface area (Å²) in [6.45, 7) is 2.05. The molecule has 0 radical (unpaired) electrons. The first-order chi connectivity index (χ1) is 11.7. The molecule has 24 heavy (non-hydrogen) atoms. The first kappa shape index (κ1) is 15.7. The van der Waals surface area contributed by atoms with E-state index in [-0.39, 0.29) is 17.2 Å². The summed E-state index contributed by atoms with van der Waals surface area (Å²) in [4.78, 5) is 26.9. The van der Waals surface area contributed by atoms with Crippen LogP contribution in [0.4, 0.5) is 0 Å². The van der Waals surface area contributed by atoms with Crippen molar-refractivity contribution in [3.63, 3.8) is 0 Å². The molecule has 1 aromatic rings. The molecule has 1 saturated heterocycles. The molecule has 2 unspecified atom stereocenters. The zero-order chi connectivity index (χ0) is 16.6. The van der Waals surface area contributed by atoms with Crippen LogP contribution in [0.25, 0.3) is 0 Å². The van der Waals surface area contributed by atoms with Crippen molar-refractivity contribution in [1.29, 1.82) is 0 Å². The van der Waals surface area contributed by atoms with E-state index in [0.717, 1.165) is 31.7 Å². The number of amides is 2. The molecule has 130 valence electrons. The fourth-order valence-corrected chi connectivity index (χ4v) is 4.58. The Kier molecular flexibility index (Phi) is 4.10. The van der Waals surface area contributed by atoms with Crippen LogP contribution in [0.3, 0.4) is 0 Å². The monoisotopic (exact) mass is 330 g/mol. The highest BCUT2D eigenvalue weighted by molar-refractivity contribution is 5.83. The summed E-state index contributed by atoms with van der Waals surface area (Å²) in [5.74, 6) is 1.85. The van der Waals surface area contributed by atoms with E-state index in [1.807, 2.05) is 17.0 Å². The Morgan fingerprint density at radius 2 is 2.17 bits per heavy atom. The molecule has 0 aromatic carbocycles. The van der Waals surface area contributed by atoms with Crippen molar-refractivity contribution in [2.75, 3.05) is 13.1 Å². The van der Waals surface area contributed by atoms with Gasteiger partial charge in [0.1, 0.15) is 5.76 Å². The molecule has 1 aromatic heterocycles. The Bertz CT molecular complexity index is 606. The molecule has 2 saturated carbocycles. The summed E-state index contributed by atoms with van der Waals surface area (Å²) in [7, 11) is 0. The molecule has 1 spiro atoms. The van der Waals surface area contributed by atoms with Crippen molar-refractivity contribution in [3.8, 4) is 0 Å². The normalized spacial score (nSPS) is 29.3. The number of hydrogen-bond acceptors (Lipinski definition) is 3. The van der Waals surface area contributed by atoms with Crippen molar-refractivity contribution >= 4 is 11.8 Å². The number of likely N-dealkylation sites (tertiary alicyclic amines) is 1. The topological polar surface area (TPSA) is 62.6 Å². The second kappa shape index (κ2) is 6.26. The molecule has 3 fully saturated rings. The van der Waals surface area contributed by atoms with E-state index in [2.05, 4.69) is 5.32 Å². The second-order valence-corrected chi connectivity index (χ2v) is 7.84. The summed E-state index contributed by atoms with van der Waals surface area (Å²) in [5, 5.41) is 2.96. The third-order valence-corrected chi connectivity index (χ3v) is 6.20. The average molecular weight is 330 g/mol. The van der Waals surface area contributed by atoms with Gasteiger partial charge in [-0.3, -0.25) is 9.59 Å². The Balaban J connectivity index is 1.25. The number of rotatable bonds is 5. The van der Waals surface area contributed by atoms with Crippen molar-refractivity contribution in [1.82, 2.24) is 10.2 Å². The highest BCUT2D eigenvalue weighted by Gasteiger charge is 2.61. The van der Waals surface area contributed by atoms with E-state index in [1.54, 1.807) is 6.26 Å². The molecule has 3 aliphatic rings. The average Bonchev–Trinajstić information content (AvgIpc) is 3.07. The van der Waals surface area contributed by atoms with Gasteiger partial charge in [-0.25, -0.2) is 0 Å². The predicted molar refractivity (Wildman–Crippen MR) is 88.9 cm³/mol. The number of carbonyl (C=O) groups is 2. The summed E-state index contributed by atoms with van der Waals surface area (Å²) >= 11 is 0. The van der Waals surface area contributed by atoms with E-state index < -0.39 is 0 Å². The van der Waals surface area contributed by atoms with Crippen molar-refractivity contribution in [3.05, 3.63) is 24.2 Å². The van der Waals surface area contributed by atoms with Gasteiger partial charge in [0.15, 0.2) is 0 Å². The zero-order valence-electron chi connectivity index (χ0n) is 14.1. The molecule has 5 heteroatoms. The molecule has 1 N–H and O–H groups in total. The third-order valence-electron chi connectivity index (χ3n) is 6.20. The Morgan fingerprint density at radius 1 is 1.33 bits per heavy atom. The van der Waals surface area contributed by atoms with Gasteiger partial charge in [0.2, 0.25) is 11.8 Å². The molecule has 5 nitrogen and oxygen atoms in total. The van der Waals surface area contributed by atoms with Crippen molar-refractivity contribution in [2.24, 2.45) is 17.3 Å². The number of carbonyl (C=O) groups excluding carboxylic acids is 2. The molecule has 2 amide bonds. The fourth-order valence-electron chi connectivity index (χ4n) is 4.58. The maximum absolute atomic E-state index is 12.5. The highest BCUT2D eigenvalue weighted by Crippen LogP contribution is 2.58. The second-order valence-electron chi connectivity index (χ2n) is 7.84. The van der Waals surface area contributed by atoms with E-state index in [4.69, 9.17) is 4.42 Å². The smallest absolute Gasteiger partial charge is 0.224 e. The summed E-state index contributed by atoms with van der Waals surface area (Å²) < 4.78 is 5.25. The summed E-state index contributed by atoms with van der Waals surface area (Å²) in [6, 6.07) is 3.69. The molecular formula is C19H26N2O3. The van der Waals surface area contributed by atoms with Gasteiger partial charge in [-0.05, 0) is 43.7 Å². The van der Waals surface area contributed by atoms with E-state index in [0.29, 0.717) is 24.8 Å². The van der Waals surface area contributed by atoms with Crippen LogP contribution in [0, 0.1) is 17.3 Å². The first-order valence-corrected chi connectivity index (χ1v) is 9.24. The van der Waals surface area contributed by atoms with Crippen molar-refractivity contribution in [2.45, 2.75) is 51.5 Å². The Hall–Kier alpha value is -1.78. The first-order valence-electron chi connectivity index (χ1n) is 9.24. The van der Waals surface area contributed by atoms with Crippen LogP contribution in [0.15, 0.2) is 22.8 Å². The zero-order valence-corrected chi connectivity index (χ0v) is 14.1. The van der Waals surface area contributed by atoms with Crippen LogP contribution >= 0.6 is 0 Å². The van der Waals surface area contributed by atoms with E-state index >= 15 is 0 Å². The van der Waals surface area contributed by atoms with Gasteiger partial charge < -0.3 is 14.6 Å². The van der Waals surface area contributed by atoms with Crippen LogP contribution in [0.5, 0.6) is 0 Å². The third kappa shape index (κ3) is 3.08. The number of hydrogen-bond donors (Lipinski definition) is 1. The predicted octanol–water partition coefficient (Wildman–Crippen LogP) is 2.71. The summed E-state index contributed by atoms with van der Waals surface area (Å²) in [5.41, 5.74) is 0.0542. The van der Waals surface area contributed by atoms with E-state index in [1.165, 1.54) is 25.7 Å². The van der Waals surface area contributed by atoms with Gasteiger partial charge in [-0.2, -0.15) is 0 Å². The van der Waals surface area contributed by atoms with Crippen LogP contribution < -0.4 is 5.32 Å². The lowest BCUT2D eigenvalue weighted by Crippen LogP contribution is -2.31. The molecule has 2 aliphatic carbocycles. The largest absolute Gasteiger partial charge is 0.467 e. The Morgan fingerprint density at radius 3 is 2.92 bits per heavy atom. The lowest BCUT2D eigenvalue weighted by molar-refractivity contribution is -0.131. The molecule has 2 atom stereocenters. The molecule has 4 rings (SSSR count). The Labute approximate surface area is 142 Å². The number of nitrogens with one attached hydrogen (secondary N) is 1. The lowest BCUT2D eigenvalue weighted by atomic mass is 10.0. The highest BCUT2D eigenvalue weighted by atomic mass is 16.3. The molecule has 2 heterocycles. The standard InChI is InChI=1S/C19H26N2O3/c22-17(10-14-4-1-2-5-14)21-8-7-19(13-21)11-16(19)18(23)20-12-15-6-3-9-24-15/h3,6,9,14,16H,1-2,4-5,7-8,10-13H2,(H,20,23). The van der Waals surface area contributed by atoms with E-state index in [9.17, 15) is 9.59 Å². The van der Waals surface area contributed by atoms with Gasteiger partial charge in [0, 0.05) is 30.8 Å². The fraction of sp³-hybridized carbons (Fsp3) is 0.684. The minimum atomic E-state index is 0.0542. The van der Waals surface area contributed by atoms with Crippen LogP contribution in [0.2, 0.25) is 0 Å². The molecule has 1 aliphatic heterocycles. The van der Waals surface area contributed by atoms with Crippen LogP contribution in [0.1, 0.15) is 50.7 Å².